The maximum absolute atomic E-state index is 13.2. The molecule has 4 N–H and O–H groups in total. The number of phosphoric ester groups is 2. The van der Waals surface area contributed by atoms with Crippen LogP contribution in [0.4, 0.5) is 0 Å². The van der Waals surface area contributed by atoms with Crippen LogP contribution in [-0.2, 0) is 55.8 Å². The molecule has 0 heterocycles. The molecule has 0 aliphatic carbocycles. The Kier molecular flexibility index (Phi) is 103. The third kappa shape index (κ3) is 109. The van der Waals surface area contributed by atoms with Crippen molar-refractivity contribution in [1.82, 2.24) is 0 Å². The Balaban J connectivity index is 4.61. The van der Waals surface area contributed by atoms with Gasteiger partial charge in [0.2, 0.25) is 0 Å². The predicted octanol–water partition coefficient (Wildman–Crippen LogP) is 35.2. The van der Waals surface area contributed by atoms with Gasteiger partial charge in [0.15, 0.2) is 6.10 Å². The lowest BCUT2D eigenvalue weighted by molar-refractivity contribution is -0.161. The number of carbonyl (C=O) groups is 3. The van der Waals surface area contributed by atoms with Crippen LogP contribution in [0.1, 0.15) is 470 Å². The second-order valence-corrected chi connectivity index (χ2v) is 39.3. The lowest BCUT2D eigenvalue weighted by Gasteiger charge is -2.21. The Labute approximate surface area is 827 Å². The zero-order chi connectivity index (χ0) is 97.8. The van der Waals surface area contributed by atoms with Gasteiger partial charge in [-0.1, -0.05) is 478 Å². The summed E-state index contributed by atoms with van der Waals surface area (Å²) < 4.78 is 61.8. The summed E-state index contributed by atoms with van der Waals surface area (Å²) >= 11 is 0. The number of hydrogen-bond donors (Lipinski definition) is 4. The van der Waals surface area contributed by atoms with Crippen LogP contribution < -0.4 is 0 Å². The van der Waals surface area contributed by atoms with Crippen LogP contribution in [0.25, 0.3) is 0 Å². The number of ether oxygens (including phenoxy) is 3. The van der Waals surface area contributed by atoms with E-state index in [-0.39, 0.29) is 19.3 Å². The van der Waals surface area contributed by atoms with E-state index >= 15 is 0 Å². The second kappa shape index (κ2) is 107. The zero-order valence-corrected chi connectivity index (χ0v) is 87.8. The van der Waals surface area contributed by atoms with E-state index in [1.807, 2.05) is 0 Å². The molecule has 5 unspecified atom stereocenters. The third-order valence-electron chi connectivity index (χ3n) is 23.3. The molecule has 16 nitrogen and oxygen atoms in total. The molecule has 0 aliphatic heterocycles. The monoisotopic (exact) mass is 1920 g/mol. The van der Waals surface area contributed by atoms with Gasteiger partial charge < -0.3 is 34.2 Å². The van der Waals surface area contributed by atoms with Crippen molar-refractivity contribution >= 4 is 33.6 Å². The second-order valence-electron chi connectivity index (χ2n) is 36.4. The van der Waals surface area contributed by atoms with Crippen LogP contribution in [-0.4, -0.2) is 95.9 Å². The molecule has 0 saturated carbocycles. The first-order chi connectivity index (χ1) is 66.2. The van der Waals surface area contributed by atoms with Gasteiger partial charge in [-0.15, -0.1) is 0 Å². The zero-order valence-electron chi connectivity index (χ0n) is 86.0. The van der Waals surface area contributed by atoms with E-state index in [1.54, 1.807) is 0 Å². The Morgan fingerprint density at radius 2 is 0.393 bits per heavy atom. The van der Waals surface area contributed by atoms with Crippen molar-refractivity contribution in [3.8, 4) is 0 Å². The van der Waals surface area contributed by atoms with Gasteiger partial charge in [0, 0.05) is 19.3 Å². The van der Waals surface area contributed by atoms with Crippen LogP contribution >= 0.6 is 15.6 Å². The van der Waals surface area contributed by atoms with E-state index in [9.17, 15) is 43.5 Å². The number of rotatable bonds is 103. The van der Waals surface area contributed by atoms with E-state index in [0.717, 1.165) is 180 Å². The van der Waals surface area contributed by atoms with Crippen LogP contribution in [0.3, 0.4) is 0 Å². The van der Waals surface area contributed by atoms with Crippen molar-refractivity contribution in [3.63, 3.8) is 0 Å². The highest BCUT2D eigenvalue weighted by molar-refractivity contribution is 7.47. The van der Waals surface area contributed by atoms with Gasteiger partial charge in [0.25, 0.3) is 0 Å². The Bertz CT molecular complexity index is 3240. The summed E-state index contributed by atoms with van der Waals surface area (Å²) in [7, 11) is -9.83. The Morgan fingerprint density at radius 1 is 0.215 bits per heavy atom. The van der Waals surface area contributed by atoms with Crippen molar-refractivity contribution in [2.75, 3.05) is 39.6 Å². The summed E-state index contributed by atoms with van der Waals surface area (Å²) in [4.78, 5) is 59.3. The highest BCUT2D eigenvalue weighted by Crippen LogP contribution is 2.45. The molecule has 135 heavy (non-hydrogen) atoms. The molecule has 5 atom stereocenters. The highest BCUT2D eigenvalue weighted by Gasteiger charge is 2.30. The topological polar surface area (TPSA) is 231 Å². The number of aliphatic hydroxyl groups excluding tert-OH is 2. The number of allylic oxidation sites excluding steroid dienone is 32. The van der Waals surface area contributed by atoms with Crippen LogP contribution in [0.2, 0.25) is 0 Å². The van der Waals surface area contributed by atoms with E-state index in [4.69, 9.17) is 32.3 Å². The molecule has 0 bridgehead atoms. The quantitative estimate of drug-likeness (QED) is 0.0146. The number of unbranched alkanes of at least 4 members (excludes halogenated alkanes) is 48. The minimum atomic E-state index is -4.95. The first-order valence-electron chi connectivity index (χ1n) is 54.7. The van der Waals surface area contributed by atoms with Crippen molar-refractivity contribution in [2.45, 2.75) is 489 Å². The summed E-state index contributed by atoms with van der Waals surface area (Å²) in [6, 6.07) is 0. The van der Waals surface area contributed by atoms with Gasteiger partial charge in [-0.2, -0.15) is 0 Å². The molecule has 0 amide bonds. The van der Waals surface area contributed by atoms with Crippen LogP contribution in [0, 0.1) is 0 Å². The van der Waals surface area contributed by atoms with Gasteiger partial charge in [0.05, 0.1) is 26.4 Å². The maximum Gasteiger partial charge on any atom is 0.472 e. The molecular weight excluding hydrogens is 1720 g/mol. The summed E-state index contributed by atoms with van der Waals surface area (Å²) in [5.74, 6) is -1.56. The van der Waals surface area contributed by atoms with Crippen molar-refractivity contribution < 1.29 is 75.8 Å². The van der Waals surface area contributed by atoms with Gasteiger partial charge in [-0.05, 0) is 167 Å². The molecule has 774 valence electrons. The largest absolute Gasteiger partial charge is 0.472 e. The molecule has 0 aromatic heterocycles. The maximum atomic E-state index is 13.2. The summed E-state index contributed by atoms with van der Waals surface area (Å²) in [5, 5.41) is 20.8. The number of phosphoric acid groups is 2. The van der Waals surface area contributed by atoms with Gasteiger partial charge in [0.1, 0.15) is 25.4 Å². The molecule has 0 aliphatic rings. The lowest BCUT2D eigenvalue weighted by atomic mass is 10.0. The Hall–Kier alpha value is -5.61. The molecule has 0 saturated heterocycles. The van der Waals surface area contributed by atoms with E-state index in [1.165, 1.54) is 231 Å². The normalized spacial score (nSPS) is 14.3. The van der Waals surface area contributed by atoms with Crippen molar-refractivity contribution in [3.05, 3.63) is 194 Å². The van der Waals surface area contributed by atoms with Gasteiger partial charge >= 0.3 is 33.6 Å². The van der Waals surface area contributed by atoms with Gasteiger partial charge in [-0.3, -0.25) is 32.5 Å². The molecule has 0 radical (unpaired) electrons. The number of esters is 3. The minimum absolute atomic E-state index is 0.0973. The molecule has 0 aromatic carbocycles. The van der Waals surface area contributed by atoms with Crippen molar-refractivity contribution in [2.24, 2.45) is 0 Å². The van der Waals surface area contributed by atoms with E-state index in [2.05, 4.69) is 215 Å². The molecule has 0 spiro atoms. The molecular formula is C117H200O16P2. The fourth-order valence-corrected chi connectivity index (χ4v) is 16.7. The number of aliphatic hydroxyl groups is 2. The van der Waals surface area contributed by atoms with E-state index < -0.39 is 91.5 Å². The summed E-state index contributed by atoms with van der Waals surface area (Å²) in [6.07, 6.45) is 145. The molecule has 0 fully saturated rings. The smallest absolute Gasteiger partial charge is 0.463 e. The van der Waals surface area contributed by atoms with Crippen LogP contribution in [0.5, 0.6) is 0 Å². The highest BCUT2D eigenvalue weighted by atomic mass is 31.2. The first-order valence-corrected chi connectivity index (χ1v) is 57.7. The SMILES string of the molecule is CC/C=C\C/C=C\C/C=C\C/C=C\C/C=C\C/C=C\CCCCCCCCCCCCCCCCC(=O)OCC(COP(=O)(O)OCC(O)COP(=O)(O)OCC(O)COC(=O)CCCCCCCCCCCCCCCCCCCCC/C=C\C/C=C\C/C=C\C/C=C\CCCCC)OC(=O)CCCCCCCCCCCCCC/C=C\C/C=C\C/C=C\C/C=C\C/C=C\C/C=C\CC. The molecule has 0 rings (SSSR count). The summed E-state index contributed by atoms with van der Waals surface area (Å²) in [6.45, 7) is 2.51. The fraction of sp³-hybridized carbons (Fsp3) is 0.701. The minimum Gasteiger partial charge on any atom is -0.463 e. The average molecular weight is 1920 g/mol. The van der Waals surface area contributed by atoms with E-state index in [0.29, 0.717) is 19.3 Å². The molecule has 0 aromatic rings. The van der Waals surface area contributed by atoms with Gasteiger partial charge in [-0.25, -0.2) is 9.13 Å². The fourth-order valence-electron chi connectivity index (χ4n) is 15.1. The summed E-state index contributed by atoms with van der Waals surface area (Å²) in [5.41, 5.74) is 0. The lowest BCUT2D eigenvalue weighted by Crippen LogP contribution is -2.30. The predicted molar refractivity (Wildman–Crippen MR) is 574 cm³/mol. The third-order valence-corrected chi connectivity index (χ3v) is 25.2. The molecule has 18 heteroatoms. The van der Waals surface area contributed by atoms with Crippen LogP contribution in [0.15, 0.2) is 194 Å². The van der Waals surface area contributed by atoms with Crippen molar-refractivity contribution in [1.29, 1.82) is 0 Å². The number of hydrogen-bond acceptors (Lipinski definition) is 14. The average Bonchev–Trinajstić information content (AvgIpc) is 0.895. The first kappa shape index (κ1) is 129. The Morgan fingerprint density at radius 3 is 0.622 bits per heavy atom. The standard InChI is InChI=1S/C117H200O16P2/c1-4-7-10-13-16-19-22-25-28-31-34-37-40-43-46-49-52-54-55-57-60-61-64-67-70-73-76-79-82-85-88-91-94-97-100-103-115(120)127-106-112(118)107-129-134(123,124)130-108-113(119)109-131-135(125,126)132-111-114(133-117(122)105-102-99-96-93-90-87-84-81-78-75-72-69-66-63-58-51-48-45-42-39-36-33-30-27-24-21-18-15-12-9-6-3)110-128-116(121)104-101-98-95-92-89-86-83-80-77-74-71-68-65-62-59-56-53-50-47-44-41-38-35-32-29-26-23-20-17-14-11-8-5-2/h8-9,11-12,16-21,25-30,34-39,43-48,53,56,58,63,112-114,118-119H,4-7,10,13-15,22-24,31-33,40-42,49-52,54-55,57,59-62,64-111H2,1-3H3,(H,123,124)(H,125,126)/b11-8-,12-9-,19-16-,20-17-,21-18-,28-25-,29-26-,30-27-,37-34-,38-35-,39-36-,46-43-,47-44-,48-45-,56-53-,63-58-. The number of carbonyl (C=O) groups excluding carboxylic acids is 3.